The Bertz CT molecular complexity index is 424. The summed E-state index contributed by atoms with van der Waals surface area (Å²) in [6, 6.07) is 0. The number of hydrogen-bond donors (Lipinski definition) is 1. The number of fused-ring (bicyclic) bond motifs is 2. The second-order valence-corrected chi connectivity index (χ2v) is 6.10. The Morgan fingerprint density at radius 1 is 1.28 bits per heavy atom. The van der Waals surface area contributed by atoms with Crippen LogP contribution in [0.3, 0.4) is 0 Å². The third-order valence-electron chi connectivity index (χ3n) is 5.20. The fourth-order valence-corrected chi connectivity index (χ4v) is 3.70. The second-order valence-electron chi connectivity index (χ2n) is 6.10. The van der Waals surface area contributed by atoms with E-state index in [-0.39, 0.29) is 0 Å². The van der Waals surface area contributed by atoms with Crippen LogP contribution in [-0.2, 0) is 5.54 Å². The molecule has 2 aliphatic rings. The van der Waals surface area contributed by atoms with Crippen molar-refractivity contribution in [1.82, 2.24) is 10.1 Å². The van der Waals surface area contributed by atoms with Crippen LogP contribution < -0.4 is 5.73 Å². The van der Waals surface area contributed by atoms with Gasteiger partial charge < -0.3 is 10.3 Å². The van der Waals surface area contributed by atoms with Crippen LogP contribution in [-0.4, -0.2) is 10.1 Å². The van der Waals surface area contributed by atoms with E-state index in [9.17, 15) is 0 Å². The number of rotatable bonds is 4. The van der Waals surface area contributed by atoms with Crippen LogP contribution in [0.5, 0.6) is 0 Å². The van der Waals surface area contributed by atoms with E-state index in [0.717, 1.165) is 30.6 Å². The van der Waals surface area contributed by atoms with E-state index in [1.54, 1.807) is 0 Å². The van der Waals surface area contributed by atoms with Gasteiger partial charge in [0.05, 0.1) is 5.54 Å². The quantitative estimate of drug-likeness (QED) is 0.891. The Balaban J connectivity index is 1.81. The first-order valence-corrected chi connectivity index (χ1v) is 7.29. The summed E-state index contributed by atoms with van der Waals surface area (Å²) in [4.78, 5) is 4.62. The van der Waals surface area contributed by atoms with E-state index in [1.807, 2.05) is 0 Å². The van der Waals surface area contributed by atoms with Crippen molar-refractivity contribution < 1.29 is 4.52 Å². The van der Waals surface area contributed by atoms with E-state index >= 15 is 0 Å². The lowest BCUT2D eigenvalue weighted by atomic mass is 9.88. The highest BCUT2D eigenvalue weighted by Gasteiger charge is 2.43. The monoisotopic (exact) mass is 249 g/mol. The molecule has 2 N–H and O–H groups in total. The fraction of sp³-hybridized carbons (Fsp3) is 0.857. The van der Waals surface area contributed by atoms with Crippen LogP contribution in [0, 0.1) is 11.8 Å². The largest absolute Gasteiger partial charge is 0.339 e. The summed E-state index contributed by atoms with van der Waals surface area (Å²) in [5.74, 6) is 3.72. The molecule has 2 fully saturated rings. The summed E-state index contributed by atoms with van der Waals surface area (Å²) in [7, 11) is 0. The summed E-state index contributed by atoms with van der Waals surface area (Å²) in [5, 5.41) is 4.15. The topological polar surface area (TPSA) is 64.9 Å². The van der Waals surface area contributed by atoms with Gasteiger partial charge in [-0.15, -0.1) is 0 Å². The molecule has 18 heavy (non-hydrogen) atoms. The maximum Gasteiger partial charge on any atom is 0.230 e. The van der Waals surface area contributed by atoms with Gasteiger partial charge in [0.15, 0.2) is 5.82 Å². The van der Waals surface area contributed by atoms with Gasteiger partial charge in [0, 0.05) is 5.92 Å². The zero-order valence-electron chi connectivity index (χ0n) is 11.4. The molecule has 0 radical (unpaired) electrons. The molecular weight excluding hydrogens is 226 g/mol. The van der Waals surface area contributed by atoms with Crippen LogP contribution >= 0.6 is 0 Å². The first-order valence-electron chi connectivity index (χ1n) is 7.29. The predicted octanol–water partition coefficient (Wildman–Crippen LogP) is 2.95. The standard InChI is InChI=1S/C14H23N3O/c1-3-14(15,4-2)13-16-12(18-17-13)11-8-9-5-6-10(11)7-9/h9-11H,3-8,15H2,1-2H3. The van der Waals surface area contributed by atoms with Crippen LogP contribution in [0.2, 0.25) is 0 Å². The molecule has 3 atom stereocenters. The van der Waals surface area contributed by atoms with Gasteiger partial charge in [-0.05, 0) is 43.9 Å². The van der Waals surface area contributed by atoms with Crippen molar-refractivity contribution >= 4 is 0 Å². The van der Waals surface area contributed by atoms with Gasteiger partial charge in [-0.3, -0.25) is 0 Å². The van der Waals surface area contributed by atoms with Crippen LogP contribution in [0.15, 0.2) is 4.52 Å². The molecule has 100 valence electrons. The summed E-state index contributed by atoms with van der Waals surface area (Å²) >= 11 is 0. The average molecular weight is 249 g/mol. The smallest absolute Gasteiger partial charge is 0.230 e. The van der Waals surface area contributed by atoms with Crippen LogP contribution in [0.4, 0.5) is 0 Å². The van der Waals surface area contributed by atoms with Crippen LogP contribution in [0.25, 0.3) is 0 Å². The van der Waals surface area contributed by atoms with E-state index in [0.29, 0.717) is 11.7 Å². The molecule has 2 aliphatic carbocycles. The molecule has 3 unspecified atom stereocenters. The summed E-state index contributed by atoms with van der Waals surface area (Å²) < 4.78 is 5.51. The maximum absolute atomic E-state index is 6.32. The molecule has 2 bridgehead atoms. The van der Waals surface area contributed by atoms with Crippen molar-refractivity contribution in [3.8, 4) is 0 Å². The molecule has 3 rings (SSSR count). The SMILES string of the molecule is CCC(N)(CC)c1noc(C2CC3CCC2C3)n1. The van der Waals surface area contributed by atoms with Crippen molar-refractivity contribution in [3.05, 3.63) is 11.7 Å². The van der Waals surface area contributed by atoms with Gasteiger partial charge in [-0.1, -0.05) is 25.4 Å². The minimum Gasteiger partial charge on any atom is -0.339 e. The Morgan fingerprint density at radius 3 is 2.61 bits per heavy atom. The molecule has 0 aliphatic heterocycles. The van der Waals surface area contributed by atoms with Crippen LogP contribution in [0.1, 0.15) is 70.0 Å². The molecule has 0 spiro atoms. The molecular formula is C14H23N3O. The number of nitrogens with zero attached hydrogens (tertiary/aromatic N) is 2. The Morgan fingerprint density at radius 2 is 2.06 bits per heavy atom. The Labute approximate surface area is 108 Å². The highest BCUT2D eigenvalue weighted by atomic mass is 16.5. The third-order valence-corrected chi connectivity index (χ3v) is 5.20. The Hall–Kier alpha value is -0.900. The molecule has 2 saturated carbocycles. The molecule has 0 saturated heterocycles. The van der Waals surface area contributed by atoms with Gasteiger partial charge in [-0.2, -0.15) is 4.98 Å². The van der Waals surface area contributed by atoms with Gasteiger partial charge in [0.2, 0.25) is 5.89 Å². The highest BCUT2D eigenvalue weighted by molar-refractivity contribution is 5.09. The van der Waals surface area contributed by atoms with E-state index < -0.39 is 5.54 Å². The lowest BCUT2D eigenvalue weighted by Crippen LogP contribution is -2.36. The van der Waals surface area contributed by atoms with Gasteiger partial charge in [0.1, 0.15) is 0 Å². The molecule has 1 aromatic heterocycles. The lowest BCUT2D eigenvalue weighted by Gasteiger charge is -2.22. The summed E-state index contributed by atoms with van der Waals surface area (Å²) in [5.41, 5.74) is 5.90. The van der Waals surface area contributed by atoms with Crippen molar-refractivity contribution in [3.63, 3.8) is 0 Å². The maximum atomic E-state index is 6.32. The minimum absolute atomic E-state index is 0.417. The highest BCUT2D eigenvalue weighted by Crippen LogP contribution is 2.52. The van der Waals surface area contributed by atoms with Crippen molar-refractivity contribution in [2.24, 2.45) is 17.6 Å². The Kier molecular flexibility index (Phi) is 2.93. The molecule has 1 heterocycles. The summed E-state index contributed by atoms with van der Waals surface area (Å²) in [6.45, 7) is 4.16. The van der Waals surface area contributed by atoms with Gasteiger partial charge in [0.25, 0.3) is 0 Å². The van der Waals surface area contributed by atoms with Crippen molar-refractivity contribution in [2.75, 3.05) is 0 Å². The first-order chi connectivity index (χ1) is 8.66. The molecule has 0 aromatic carbocycles. The van der Waals surface area contributed by atoms with Gasteiger partial charge in [-0.25, -0.2) is 0 Å². The minimum atomic E-state index is -0.417. The third kappa shape index (κ3) is 1.78. The average Bonchev–Trinajstić information content (AvgIpc) is 3.12. The molecule has 1 aromatic rings. The second kappa shape index (κ2) is 4.34. The number of aromatic nitrogens is 2. The zero-order valence-corrected chi connectivity index (χ0v) is 11.4. The molecule has 4 heteroatoms. The molecule has 0 amide bonds. The first kappa shape index (κ1) is 12.2. The van der Waals surface area contributed by atoms with Gasteiger partial charge >= 0.3 is 0 Å². The molecule has 4 nitrogen and oxygen atoms in total. The summed E-state index contributed by atoms with van der Waals surface area (Å²) in [6.07, 6.45) is 7.02. The fourth-order valence-electron chi connectivity index (χ4n) is 3.70. The van der Waals surface area contributed by atoms with E-state index in [2.05, 4.69) is 24.0 Å². The number of hydrogen-bond acceptors (Lipinski definition) is 4. The zero-order chi connectivity index (χ0) is 12.8. The van der Waals surface area contributed by atoms with Crippen molar-refractivity contribution in [2.45, 2.75) is 63.8 Å². The predicted molar refractivity (Wildman–Crippen MR) is 68.9 cm³/mol. The van der Waals surface area contributed by atoms with Crippen molar-refractivity contribution in [1.29, 1.82) is 0 Å². The normalized spacial score (nSPS) is 31.2. The number of nitrogens with two attached hydrogens (primary N) is 1. The van der Waals surface area contributed by atoms with E-state index in [1.165, 1.54) is 25.7 Å². The van der Waals surface area contributed by atoms with E-state index in [4.69, 9.17) is 10.3 Å². The lowest BCUT2D eigenvalue weighted by molar-refractivity contribution is 0.293.